The molecule has 0 spiro atoms. The number of piperidine rings is 1. The van der Waals surface area contributed by atoms with Gasteiger partial charge in [0.1, 0.15) is 17.4 Å². The molecule has 1 aliphatic carbocycles. The van der Waals surface area contributed by atoms with Gasteiger partial charge in [-0.05, 0) is 95.0 Å². The molecule has 6 heterocycles. The highest BCUT2D eigenvalue weighted by atomic mass is 16.5. The van der Waals surface area contributed by atoms with Crippen molar-refractivity contribution in [2.75, 3.05) is 30.4 Å². The number of aromatic nitrogens is 3. The molecule has 6 amide bonds. The maximum absolute atomic E-state index is 13.9. The Morgan fingerprint density at radius 1 is 0.930 bits per heavy atom. The lowest BCUT2D eigenvalue weighted by Gasteiger charge is -2.49. The number of anilines is 2. The molecular weight excluding hydrogens is 731 g/mol. The Bertz CT molecular complexity index is 2360. The highest BCUT2D eigenvalue weighted by molar-refractivity contribution is 6.23. The minimum absolute atomic E-state index is 0.0236. The molecule has 0 radical (unpaired) electrons. The van der Waals surface area contributed by atoms with Gasteiger partial charge >= 0.3 is 0 Å². The van der Waals surface area contributed by atoms with Crippen LogP contribution in [0.2, 0.25) is 0 Å². The first kappa shape index (κ1) is 36.5. The molecule has 0 bridgehead atoms. The summed E-state index contributed by atoms with van der Waals surface area (Å²) in [6, 6.07) is 10.4. The highest BCUT2D eigenvalue weighted by Gasteiger charge is 2.45. The van der Waals surface area contributed by atoms with Gasteiger partial charge in [0.2, 0.25) is 11.8 Å². The van der Waals surface area contributed by atoms with Crippen LogP contribution in [-0.4, -0.2) is 115 Å². The quantitative estimate of drug-likeness (QED) is 0.239. The third-order valence-electron chi connectivity index (χ3n) is 12.1. The van der Waals surface area contributed by atoms with Crippen LogP contribution in [0.25, 0.3) is 5.65 Å². The van der Waals surface area contributed by atoms with Crippen molar-refractivity contribution in [3.63, 3.8) is 0 Å². The van der Waals surface area contributed by atoms with Crippen molar-refractivity contribution in [1.82, 2.24) is 34.6 Å². The predicted octanol–water partition coefficient (Wildman–Crippen LogP) is 3.26. The van der Waals surface area contributed by atoms with E-state index in [1.54, 1.807) is 41.2 Å². The van der Waals surface area contributed by atoms with E-state index in [1.807, 2.05) is 30.9 Å². The molecule has 2 saturated heterocycles. The van der Waals surface area contributed by atoms with Gasteiger partial charge in [-0.1, -0.05) is 0 Å². The number of ether oxygens (including phenoxy) is 1. The number of fused-ring (bicyclic) bond motifs is 3. The number of carbonyl (C=O) groups excluding carboxylic acids is 6. The lowest BCUT2D eigenvalue weighted by atomic mass is 9.88. The number of likely N-dealkylation sites (N-methyl/N-ethyl adjacent to an activating group) is 1. The topological polar surface area (TPSA) is 179 Å². The van der Waals surface area contributed by atoms with Crippen LogP contribution in [-0.2, 0) is 16.1 Å². The fourth-order valence-electron chi connectivity index (χ4n) is 8.94. The van der Waals surface area contributed by atoms with Crippen LogP contribution in [0.1, 0.15) is 99.4 Å². The van der Waals surface area contributed by atoms with E-state index in [9.17, 15) is 28.8 Å². The van der Waals surface area contributed by atoms with E-state index in [1.165, 1.54) is 6.20 Å². The van der Waals surface area contributed by atoms with Gasteiger partial charge < -0.3 is 19.9 Å². The maximum atomic E-state index is 13.9. The maximum Gasteiger partial charge on any atom is 0.262 e. The van der Waals surface area contributed by atoms with Crippen molar-refractivity contribution < 1.29 is 33.5 Å². The number of benzene rings is 2. The van der Waals surface area contributed by atoms with Gasteiger partial charge in [0, 0.05) is 67.8 Å². The second-order valence-electron chi connectivity index (χ2n) is 15.9. The Kier molecular flexibility index (Phi) is 9.02. The molecule has 1 atom stereocenters. The predicted molar refractivity (Wildman–Crippen MR) is 206 cm³/mol. The van der Waals surface area contributed by atoms with Crippen molar-refractivity contribution in [2.45, 2.75) is 89.2 Å². The van der Waals surface area contributed by atoms with E-state index < -0.39 is 29.7 Å². The Labute approximate surface area is 328 Å². The average Bonchev–Trinajstić information content (AvgIpc) is 3.82. The first-order valence-corrected chi connectivity index (χ1v) is 19.5. The smallest absolute Gasteiger partial charge is 0.262 e. The van der Waals surface area contributed by atoms with Crippen molar-refractivity contribution in [3.05, 3.63) is 82.8 Å². The number of nitrogens with one attached hydrogen (secondary N) is 2. The lowest BCUT2D eigenvalue weighted by Crippen LogP contribution is -2.61. The zero-order valence-electron chi connectivity index (χ0n) is 31.9. The number of carbonyl (C=O) groups is 6. The van der Waals surface area contributed by atoms with Gasteiger partial charge in [-0.3, -0.25) is 43.9 Å². The zero-order chi connectivity index (χ0) is 39.7. The summed E-state index contributed by atoms with van der Waals surface area (Å²) in [4.78, 5) is 89.7. The van der Waals surface area contributed by atoms with Gasteiger partial charge in [0.25, 0.3) is 23.6 Å². The molecule has 57 heavy (non-hydrogen) atoms. The Hall–Kier alpha value is -6.16. The molecule has 5 aliphatic rings. The number of hydrogen-bond acceptors (Lipinski definition) is 11. The summed E-state index contributed by atoms with van der Waals surface area (Å²) in [6.45, 7) is 5.79. The summed E-state index contributed by atoms with van der Waals surface area (Å²) >= 11 is 0. The van der Waals surface area contributed by atoms with Crippen molar-refractivity contribution in [3.8, 4) is 5.75 Å². The number of rotatable bonds is 9. The number of nitrogens with zero attached hydrogens (tertiary/aromatic N) is 7. The van der Waals surface area contributed by atoms with Crippen LogP contribution in [0.15, 0.2) is 55.0 Å². The van der Waals surface area contributed by atoms with Crippen LogP contribution >= 0.6 is 0 Å². The Morgan fingerprint density at radius 3 is 2.46 bits per heavy atom. The van der Waals surface area contributed by atoms with Crippen LogP contribution in [0.5, 0.6) is 5.75 Å². The summed E-state index contributed by atoms with van der Waals surface area (Å²) in [5.41, 5.74) is 4.10. The summed E-state index contributed by atoms with van der Waals surface area (Å²) in [6.07, 6.45) is 8.47. The van der Waals surface area contributed by atoms with Gasteiger partial charge in [0.05, 0.1) is 29.1 Å². The highest BCUT2D eigenvalue weighted by Crippen LogP contribution is 2.39. The monoisotopic (exact) mass is 773 g/mol. The van der Waals surface area contributed by atoms with Gasteiger partial charge in [-0.15, -0.1) is 0 Å². The van der Waals surface area contributed by atoms with Crippen molar-refractivity contribution >= 4 is 52.5 Å². The first-order valence-electron chi connectivity index (χ1n) is 19.5. The number of amides is 6. The Balaban J connectivity index is 0.809. The third-order valence-corrected chi connectivity index (χ3v) is 12.1. The molecule has 16 heteroatoms. The second kappa shape index (κ2) is 14.1. The molecule has 2 N–H and O–H groups in total. The molecule has 3 fully saturated rings. The molecule has 1 saturated carbocycles. The van der Waals surface area contributed by atoms with Crippen molar-refractivity contribution in [2.24, 2.45) is 0 Å². The molecule has 294 valence electrons. The lowest BCUT2D eigenvalue weighted by molar-refractivity contribution is -0.136. The standard InChI is InChI=1S/C41H43N9O7/c1-22(2)57-34-17-29-23(15-32(34)44-37(52)31-18-43-49-14-4-13-42-36(31)49)19-48(39(29)54)25-7-5-24(6-8-25)46(3)27-20-47(21-27)26-9-10-28-30(16-26)41(56)50(40(28)55)33-11-12-35(51)45-38(33)53/h4,9-10,13-18,22,24-25,27,33H,5-8,11-12,19-21H2,1-3H3,(H,44,52)(H,45,51,53). The molecule has 2 aromatic carbocycles. The molecule has 4 aliphatic heterocycles. The summed E-state index contributed by atoms with van der Waals surface area (Å²) < 4.78 is 7.64. The van der Waals surface area contributed by atoms with E-state index in [4.69, 9.17) is 4.74 Å². The molecule has 1 unspecified atom stereocenters. The average molecular weight is 774 g/mol. The summed E-state index contributed by atoms with van der Waals surface area (Å²) in [5.74, 6) is -2.00. The van der Waals surface area contributed by atoms with E-state index in [2.05, 4.69) is 37.6 Å². The van der Waals surface area contributed by atoms with Crippen LogP contribution in [0.3, 0.4) is 0 Å². The summed E-state index contributed by atoms with van der Waals surface area (Å²) in [5, 5.41) is 9.45. The zero-order valence-corrected chi connectivity index (χ0v) is 31.9. The normalized spacial score (nSPS) is 22.4. The third kappa shape index (κ3) is 6.37. The molecular formula is C41H43N9O7. The van der Waals surface area contributed by atoms with Gasteiger partial charge in [-0.25, -0.2) is 9.50 Å². The molecule has 4 aromatic rings. The van der Waals surface area contributed by atoms with Crippen molar-refractivity contribution in [1.29, 1.82) is 0 Å². The first-order chi connectivity index (χ1) is 27.4. The number of imide groups is 2. The Morgan fingerprint density at radius 2 is 1.70 bits per heavy atom. The minimum Gasteiger partial charge on any atom is -0.489 e. The van der Waals surface area contributed by atoms with Crippen LogP contribution in [0.4, 0.5) is 11.4 Å². The van der Waals surface area contributed by atoms with Crippen LogP contribution in [0, 0.1) is 0 Å². The van der Waals surface area contributed by atoms with Gasteiger partial charge in [-0.2, -0.15) is 5.10 Å². The molecule has 16 nitrogen and oxygen atoms in total. The van der Waals surface area contributed by atoms with E-state index in [0.717, 1.165) is 54.9 Å². The van der Waals surface area contributed by atoms with E-state index in [-0.39, 0.29) is 47.9 Å². The van der Waals surface area contributed by atoms with E-state index >= 15 is 0 Å². The molecule has 9 rings (SSSR count). The summed E-state index contributed by atoms with van der Waals surface area (Å²) in [7, 11) is 2.15. The second-order valence-corrected chi connectivity index (χ2v) is 15.9. The van der Waals surface area contributed by atoms with E-state index in [0.29, 0.717) is 46.8 Å². The fourth-order valence-corrected chi connectivity index (χ4v) is 8.94. The fraction of sp³-hybridized carbons (Fsp3) is 0.415. The molecule has 2 aromatic heterocycles. The number of hydrogen-bond donors (Lipinski definition) is 2. The van der Waals surface area contributed by atoms with Gasteiger partial charge in [0.15, 0.2) is 5.65 Å². The largest absolute Gasteiger partial charge is 0.489 e. The SMILES string of the molecule is CC(C)Oc1cc2c(cc1NC(=O)c1cnn3cccnc13)CN(C1CCC(N(C)C3CN(c4ccc5c(c4)C(=O)N(C4CCC(=O)NC4=O)C5=O)C3)CC1)C2=O. The minimum atomic E-state index is -0.993. The van der Waals surface area contributed by atoms with Crippen LogP contribution < -0.4 is 20.3 Å².